The Bertz CT molecular complexity index is 48.0. The molecule has 1 fully saturated rings. The third-order valence-electron chi connectivity index (χ3n) is 1.85. The molecule has 0 aromatic heterocycles. The molecule has 2 N–H and O–H groups in total. The van der Waals surface area contributed by atoms with Gasteiger partial charge in [-0.25, -0.2) is 0 Å². The molecule has 1 aliphatic rings. The molecule has 15 heavy (non-hydrogen) atoms. The van der Waals surface area contributed by atoms with Gasteiger partial charge in [-0.3, -0.25) is 0 Å². The minimum absolute atomic E-state index is 1.07. The molecule has 2 nitrogen and oxygen atoms in total. The van der Waals surface area contributed by atoms with E-state index in [0.29, 0.717) is 0 Å². The summed E-state index contributed by atoms with van der Waals surface area (Å²) in [6.45, 7) is 7.14. The van der Waals surface area contributed by atoms with E-state index in [4.69, 9.17) is 0 Å². The van der Waals surface area contributed by atoms with Gasteiger partial charge >= 0.3 is 0 Å². The normalized spacial score (nSPS) is 13.2. The second kappa shape index (κ2) is 29.2. The molecule has 0 heterocycles. The maximum absolute atomic E-state index is 2.93. The molecule has 0 radical (unpaired) electrons. The van der Waals surface area contributed by atoms with Gasteiger partial charge in [0.05, 0.1) is 0 Å². The Morgan fingerprint density at radius 2 is 0.867 bits per heavy atom. The van der Waals surface area contributed by atoms with Crippen molar-refractivity contribution in [1.82, 2.24) is 10.6 Å². The van der Waals surface area contributed by atoms with Gasteiger partial charge in [0.1, 0.15) is 0 Å². The molecule has 1 rings (SSSR count). The van der Waals surface area contributed by atoms with Crippen LogP contribution in [0.4, 0.5) is 0 Å². The van der Waals surface area contributed by atoms with Crippen LogP contribution in [0.1, 0.15) is 59.3 Å². The highest BCUT2D eigenvalue weighted by Crippen LogP contribution is 2.15. The zero-order valence-electron chi connectivity index (χ0n) is 11.9. The largest absolute Gasteiger partial charge is 0.323 e. The second-order valence-corrected chi connectivity index (χ2v) is 3.33. The van der Waals surface area contributed by atoms with Crippen LogP contribution in [-0.2, 0) is 0 Å². The first kappa shape index (κ1) is 20.3. The van der Waals surface area contributed by atoms with E-state index < -0.39 is 0 Å². The first-order valence-corrected chi connectivity index (χ1v) is 6.56. The quantitative estimate of drug-likeness (QED) is 0.704. The summed E-state index contributed by atoms with van der Waals surface area (Å²) in [7, 11) is 5.68. The van der Waals surface area contributed by atoms with Crippen molar-refractivity contribution in [3.05, 3.63) is 0 Å². The standard InChI is InChI=1S/C6H12.C3H9N.C2H7N.C2H6/c1-2-4-6-5-3-1;1-3-4-2;1-3-2;1-2/h1-6H2;4H,3H2,1-2H3;3H,1-2H3;1-2H3. The van der Waals surface area contributed by atoms with Gasteiger partial charge in [0.2, 0.25) is 0 Å². The molecule has 0 aromatic carbocycles. The fourth-order valence-electron chi connectivity index (χ4n) is 1.06. The summed E-state index contributed by atoms with van der Waals surface area (Å²) in [6.07, 6.45) is 9.00. The summed E-state index contributed by atoms with van der Waals surface area (Å²) in [5.41, 5.74) is 0. The highest BCUT2D eigenvalue weighted by Gasteiger charge is 1.95. The van der Waals surface area contributed by atoms with E-state index in [0.717, 1.165) is 6.54 Å². The van der Waals surface area contributed by atoms with Gasteiger partial charge in [-0.05, 0) is 27.7 Å². The van der Waals surface area contributed by atoms with Crippen molar-refractivity contribution in [2.75, 3.05) is 27.7 Å². The van der Waals surface area contributed by atoms with Crippen LogP contribution in [-0.4, -0.2) is 27.7 Å². The van der Waals surface area contributed by atoms with Gasteiger partial charge in [0.25, 0.3) is 0 Å². The van der Waals surface area contributed by atoms with E-state index in [1.54, 1.807) is 0 Å². The zero-order chi connectivity index (χ0) is 12.4. The van der Waals surface area contributed by atoms with Crippen LogP contribution in [0.5, 0.6) is 0 Å². The Labute approximate surface area is 98.2 Å². The first-order chi connectivity index (χ1) is 7.33. The van der Waals surface area contributed by atoms with Crippen molar-refractivity contribution in [1.29, 1.82) is 0 Å². The highest BCUT2D eigenvalue weighted by molar-refractivity contribution is 4.51. The van der Waals surface area contributed by atoms with Crippen molar-refractivity contribution < 1.29 is 0 Å². The van der Waals surface area contributed by atoms with Gasteiger partial charge < -0.3 is 10.6 Å². The Morgan fingerprint density at radius 1 is 0.733 bits per heavy atom. The van der Waals surface area contributed by atoms with Crippen molar-refractivity contribution >= 4 is 0 Å². The smallest absolute Gasteiger partial charge is 0.00804 e. The third-order valence-corrected chi connectivity index (χ3v) is 1.85. The van der Waals surface area contributed by atoms with Crippen LogP contribution < -0.4 is 10.6 Å². The van der Waals surface area contributed by atoms with Crippen LogP contribution in [0.15, 0.2) is 0 Å². The minimum atomic E-state index is 1.07. The summed E-state index contributed by atoms with van der Waals surface area (Å²) < 4.78 is 0. The molecular weight excluding hydrogens is 184 g/mol. The summed E-state index contributed by atoms with van der Waals surface area (Å²) in [4.78, 5) is 0. The molecule has 1 aliphatic carbocycles. The lowest BCUT2D eigenvalue weighted by atomic mass is 10.0. The lowest BCUT2D eigenvalue weighted by Gasteiger charge is -2.05. The second-order valence-electron chi connectivity index (χ2n) is 3.33. The van der Waals surface area contributed by atoms with Crippen molar-refractivity contribution in [2.45, 2.75) is 59.3 Å². The summed E-state index contributed by atoms with van der Waals surface area (Å²) in [5, 5.41) is 5.68. The van der Waals surface area contributed by atoms with Gasteiger partial charge in [0, 0.05) is 0 Å². The molecule has 0 amide bonds. The van der Waals surface area contributed by atoms with E-state index in [1.807, 2.05) is 35.0 Å². The van der Waals surface area contributed by atoms with Gasteiger partial charge in [0.15, 0.2) is 0 Å². The Kier molecular flexibility index (Phi) is 39.6. The Balaban J connectivity index is -0.000000142. The average molecular weight is 218 g/mol. The maximum atomic E-state index is 2.93. The number of nitrogens with one attached hydrogen (secondary N) is 2. The maximum Gasteiger partial charge on any atom is -0.00804 e. The molecule has 0 aliphatic heterocycles. The molecule has 1 saturated carbocycles. The van der Waals surface area contributed by atoms with Crippen LogP contribution in [0, 0.1) is 0 Å². The van der Waals surface area contributed by atoms with Crippen LogP contribution >= 0.6 is 0 Å². The average Bonchev–Trinajstić information content (AvgIpc) is 2.35. The lowest BCUT2D eigenvalue weighted by molar-refractivity contribution is 0.504. The van der Waals surface area contributed by atoms with E-state index in [9.17, 15) is 0 Å². The Hall–Kier alpha value is -0.0800. The number of hydrogen-bond acceptors (Lipinski definition) is 2. The van der Waals surface area contributed by atoms with E-state index in [2.05, 4.69) is 17.6 Å². The molecule has 0 spiro atoms. The SMILES string of the molecule is C1CCCCC1.CC.CCNC.CNC. The van der Waals surface area contributed by atoms with Crippen molar-refractivity contribution in [3.63, 3.8) is 0 Å². The summed E-state index contributed by atoms with van der Waals surface area (Å²) >= 11 is 0. The predicted octanol–water partition coefficient (Wildman–Crippen LogP) is 3.43. The summed E-state index contributed by atoms with van der Waals surface area (Å²) in [5.74, 6) is 0. The summed E-state index contributed by atoms with van der Waals surface area (Å²) in [6, 6.07) is 0. The molecule has 2 heteroatoms. The van der Waals surface area contributed by atoms with Crippen molar-refractivity contribution in [2.24, 2.45) is 0 Å². The molecule has 0 saturated heterocycles. The topological polar surface area (TPSA) is 24.1 Å². The first-order valence-electron chi connectivity index (χ1n) is 6.56. The molecular formula is C13H34N2. The Morgan fingerprint density at radius 3 is 0.933 bits per heavy atom. The molecule has 96 valence electrons. The molecule has 0 atom stereocenters. The number of hydrogen-bond donors (Lipinski definition) is 2. The fraction of sp³-hybridized carbons (Fsp3) is 1.00. The monoisotopic (exact) mass is 218 g/mol. The predicted molar refractivity (Wildman–Crippen MR) is 73.6 cm³/mol. The van der Waals surface area contributed by atoms with Gasteiger partial charge in [-0.15, -0.1) is 0 Å². The molecule has 0 aromatic rings. The highest BCUT2D eigenvalue weighted by atomic mass is 14.8. The van der Waals surface area contributed by atoms with Crippen LogP contribution in [0.2, 0.25) is 0 Å². The van der Waals surface area contributed by atoms with Crippen molar-refractivity contribution in [3.8, 4) is 0 Å². The molecule has 0 bridgehead atoms. The van der Waals surface area contributed by atoms with Crippen LogP contribution in [0.25, 0.3) is 0 Å². The van der Waals surface area contributed by atoms with Gasteiger partial charge in [-0.1, -0.05) is 59.3 Å². The zero-order valence-corrected chi connectivity index (χ0v) is 11.9. The van der Waals surface area contributed by atoms with E-state index >= 15 is 0 Å². The van der Waals surface area contributed by atoms with E-state index in [-0.39, 0.29) is 0 Å². The van der Waals surface area contributed by atoms with E-state index in [1.165, 1.54) is 38.5 Å². The lowest BCUT2D eigenvalue weighted by Crippen LogP contribution is -2.01. The molecule has 0 unspecified atom stereocenters. The third kappa shape index (κ3) is 41.3. The van der Waals surface area contributed by atoms with Gasteiger partial charge in [-0.2, -0.15) is 0 Å². The number of rotatable bonds is 1. The minimum Gasteiger partial charge on any atom is -0.323 e. The van der Waals surface area contributed by atoms with Crippen LogP contribution in [0.3, 0.4) is 0 Å². The fourth-order valence-corrected chi connectivity index (χ4v) is 1.06.